The number of amides is 1. The lowest BCUT2D eigenvalue weighted by Crippen LogP contribution is -2.37. The van der Waals surface area contributed by atoms with Crippen molar-refractivity contribution >= 4 is 17.5 Å². The number of hydrogen-bond acceptors (Lipinski definition) is 3. The summed E-state index contributed by atoms with van der Waals surface area (Å²) in [6.07, 6.45) is 1.62. The zero-order valence-corrected chi connectivity index (χ0v) is 9.89. The summed E-state index contributed by atoms with van der Waals surface area (Å²) in [6, 6.07) is 0. The highest BCUT2D eigenvalue weighted by Gasteiger charge is 2.26. The van der Waals surface area contributed by atoms with Gasteiger partial charge in [-0.3, -0.25) is 4.79 Å². The van der Waals surface area contributed by atoms with Crippen LogP contribution in [0.1, 0.15) is 25.5 Å². The van der Waals surface area contributed by atoms with E-state index >= 15 is 0 Å². The molecule has 1 heterocycles. The lowest BCUT2D eigenvalue weighted by molar-refractivity contribution is -0.128. The van der Waals surface area contributed by atoms with Crippen molar-refractivity contribution in [1.29, 1.82) is 0 Å². The van der Waals surface area contributed by atoms with Crippen LogP contribution in [0.3, 0.4) is 0 Å². The van der Waals surface area contributed by atoms with E-state index in [2.05, 4.69) is 10.3 Å². The van der Waals surface area contributed by atoms with Gasteiger partial charge in [0.1, 0.15) is 5.76 Å². The first kappa shape index (κ1) is 12.0. The number of nitrogens with one attached hydrogen (secondary N) is 1. The first-order valence-corrected chi connectivity index (χ1v) is 5.25. The third-order valence-corrected chi connectivity index (χ3v) is 2.69. The molecular formula is C10H15ClN2O2. The summed E-state index contributed by atoms with van der Waals surface area (Å²) in [5.41, 5.74) is -0.566. The molecule has 0 saturated carbocycles. The van der Waals surface area contributed by atoms with Crippen LogP contribution < -0.4 is 5.32 Å². The number of nitrogens with zero attached hydrogens (tertiary/aromatic N) is 1. The van der Waals surface area contributed by atoms with E-state index in [0.717, 1.165) is 5.76 Å². The van der Waals surface area contributed by atoms with Gasteiger partial charge in [-0.05, 0) is 20.8 Å². The van der Waals surface area contributed by atoms with Gasteiger partial charge in [0.25, 0.3) is 0 Å². The summed E-state index contributed by atoms with van der Waals surface area (Å²) < 4.78 is 5.22. The van der Waals surface area contributed by atoms with Gasteiger partial charge in [0.05, 0.1) is 18.2 Å². The van der Waals surface area contributed by atoms with Crippen molar-refractivity contribution in [1.82, 2.24) is 10.3 Å². The van der Waals surface area contributed by atoms with Crippen LogP contribution in [0.5, 0.6) is 0 Å². The van der Waals surface area contributed by atoms with Crippen molar-refractivity contribution in [3.8, 4) is 0 Å². The van der Waals surface area contributed by atoms with Crippen LogP contribution in [0.2, 0.25) is 0 Å². The minimum absolute atomic E-state index is 0.103. The van der Waals surface area contributed by atoms with E-state index in [4.69, 9.17) is 16.0 Å². The molecule has 4 nitrogen and oxygen atoms in total. The van der Waals surface area contributed by atoms with Gasteiger partial charge >= 0.3 is 0 Å². The standard InChI is InChI=1S/C10H15ClN2O2/c1-7-4-12-8(15-7)5-13-9(14)10(2,3)6-11/h4H,5-6H2,1-3H3,(H,13,14). The maximum absolute atomic E-state index is 11.6. The molecule has 0 aliphatic carbocycles. The monoisotopic (exact) mass is 230 g/mol. The molecule has 1 aromatic rings. The smallest absolute Gasteiger partial charge is 0.227 e. The summed E-state index contributed by atoms with van der Waals surface area (Å²) >= 11 is 5.67. The number of aryl methyl sites for hydroxylation is 1. The first-order chi connectivity index (χ1) is 6.95. The Bertz CT molecular complexity index is 347. The average molecular weight is 231 g/mol. The largest absolute Gasteiger partial charge is 0.444 e. The first-order valence-electron chi connectivity index (χ1n) is 4.71. The van der Waals surface area contributed by atoms with Crippen LogP contribution in [0, 0.1) is 12.3 Å². The van der Waals surface area contributed by atoms with E-state index in [0.29, 0.717) is 12.4 Å². The molecule has 1 N–H and O–H groups in total. The van der Waals surface area contributed by atoms with Crippen LogP contribution in [0.25, 0.3) is 0 Å². The molecule has 1 amide bonds. The zero-order valence-electron chi connectivity index (χ0n) is 9.13. The van der Waals surface area contributed by atoms with Gasteiger partial charge in [0.2, 0.25) is 11.8 Å². The fourth-order valence-corrected chi connectivity index (χ4v) is 1.06. The second kappa shape index (κ2) is 4.66. The quantitative estimate of drug-likeness (QED) is 0.804. The van der Waals surface area contributed by atoms with Crippen LogP contribution >= 0.6 is 11.6 Å². The molecule has 1 aromatic heterocycles. The summed E-state index contributed by atoms with van der Waals surface area (Å²) in [5.74, 6) is 1.42. The van der Waals surface area contributed by atoms with Gasteiger partial charge in [-0.25, -0.2) is 4.98 Å². The molecule has 0 aliphatic heterocycles. The van der Waals surface area contributed by atoms with E-state index in [9.17, 15) is 4.79 Å². The van der Waals surface area contributed by atoms with Gasteiger partial charge in [0.15, 0.2) is 0 Å². The minimum Gasteiger partial charge on any atom is -0.444 e. The Labute approximate surface area is 94.0 Å². The highest BCUT2D eigenvalue weighted by Crippen LogP contribution is 2.17. The van der Waals surface area contributed by atoms with E-state index in [1.54, 1.807) is 27.0 Å². The van der Waals surface area contributed by atoms with Crippen molar-refractivity contribution in [2.45, 2.75) is 27.3 Å². The van der Waals surface area contributed by atoms with Gasteiger partial charge in [-0.2, -0.15) is 0 Å². The zero-order chi connectivity index (χ0) is 11.5. The summed E-state index contributed by atoms with van der Waals surface area (Å²) in [5, 5.41) is 2.72. The van der Waals surface area contributed by atoms with Gasteiger partial charge in [-0.1, -0.05) is 0 Å². The Kier molecular flexibility index (Phi) is 3.74. The fraction of sp³-hybridized carbons (Fsp3) is 0.600. The lowest BCUT2D eigenvalue weighted by atomic mass is 9.95. The van der Waals surface area contributed by atoms with E-state index < -0.39 is 5.41 Å². The molecular weight excluding hydrogens is 216 g/mol. The Morgan fingerprint density at radius 2 is 2.33 bits per heavy atom. The highest BCUT2D eigenvalue weighted by atomic mass is 35.5. The summed E-state index contributed by atoms with van der Waals surface area (Å²) in [6.45, 7) is 5.68. The van der Waals surface area contributed by atoms with E-state index in [1.165, 1.54) is 0 Å². The third kappa shape index (κ3) is 3.23. The van der Waals surface area contributed by atoms with Crippen LogP contribution in [-0.4, -0.2) is 16.8 Å². The number of oxazole rings is 1. The molecule has 0 saturated heterocycles. The van der Waals surface area contributed by atoms with Crippen LogP contribution in [0.4, 0.5) is 0 Å². The molecule has 0 fully saturated rings. The number of carbonyl (C=O) groups excluding carboxylic acids is 1. The molecule has 0 aromatic carbocycles. The average Bonchev–Trinajstić information content (AvgIpc) is 2.60. The van der Waals surface area contributed by atoms with Gasteiger partial charge in [-0.15, -0.1) is 11.6 Å². The molecule has 15 heavy (non-hydrogen) atoms. The molecule has 1 rings (SSSR count). The Balaban J connectivity index is 2.47. The van der Waals surface area contributed by atoms with Gasteiger partial charge in [0, 0.05) is 5.88 Å². The third-order valence-electron chi connectivity index (χ3n) is 2.02. The summed E-state index contributed by atoms with van der Waals surface area (Å²) in [7, 11) is 0. The molecule has 0 bridgehead atoms. The number of hydrogen-bond donors (Lipinski definition) is 1. The molecule has 5 heteroatoms. The van der Waals surface area contributed by atoms with Crippen molar-refractivity contribution in [2.75, 3.05) is 5.88 Å². The second-order valence-electron chi connectivity index (χ2n) is 4.06. The van der Waals surface area contributed by atoms with Crippen LogP contribution in [0.15, 0.2) is 10.6 Å². The van der Waals surface area contributed by atoms with Crippen molar-refractivity contribution in [3.05, 3.63) is 17.8 Å². The minimum atomic E-state index is -0.566. The maximum atomic E-state index is 11.6. The predicted molar refractivity (Wildman–Crippen MR) is 57.6 cm³/mol. The topological polar surface area (TPSA) is 55.1 Å². The van der Waals surface area contributed by atoms with E-state index in [1.807, 2.05) is 0 Å². The number of aromatic nitrogens is 1. The molecule has 0 atom stereocenters. The molecule has 0 radical (unpaired) electrons. The lowest BCUT2D eigenvalue weighted by Gasteiger charge is -2.19. The molecule has 0 unspecified atom stereocenters. The SMILES string of the molecule is Cc1cnc(CNC(=O)C(C)(C)CCl)o1. The Morgan fingerprint density at radius 1 is 1.67 bits per heavy atom. The molecule has 84 valence electrons. The maximum Gasteiger partial charge on any atom is 0.227 e. The highest BCUT2D eigenvalue weighted by molar-refractivity contribution is 6.19. The fourth-order valence-electron chi connectivity index (χ4n) is 0.939. The number of alkyl halides is 1. The summed E-state index contributed by atoms with van der Waals surface area (Å²) in [4.78, 5) is 15.6. The second-order valence-corrected chi connectivity index (χ2v) is 4.33. The van der Waals surface area contributed by atoms with Crippen LogP contribution in [-0.2, 0) is 11.3 Å². The van der Waals surface area contributed by atoms with E-state index in [-0.39, 0.29) is 11.8 Å². The Morgan fingerprint density at radius 3 is 2.80 bits per heavy atom. The normalized spacial score (nSPS) is 11.5. The number of halogens is 1. The van der Waals surface area contributed by atoms with Crippen molar-refractivity contribution in [3.63, 3.8) is 0 Å². The predicted octanol–water partition coefficient (Wildman–Crippen LogP) is 1.86. The van der Waals surface area contributed by atoms with Crippen molar-refractivity contribution in [2.24, 2.45) is 5.41 Å². The van der Waals surface area contributed by atoms with Crippen molar-refractivity contribution < 1.29 is 9.21 Å². The molecule has 0 spiro atoms. The number of carbonyl (C=O) groups is 1. The Hall–Kier alpha value is -1.03. The molecule has 0 aliphatic rings. The van der Waals surface area contributed by atoms with Gasteiger partial charge < -0.3 is 9.73 Å². The number of rotatable bonds is 4.